The standard InChI is InChI=1S/C17H16Br2O5S/c1-11-3-9-14(10-4-11)25(21,22)24-13-7-5-12(6-8-13)15(18)16(19)17(20)23-2/h3-10,15-16H,1-2H3. The molecule has 134 valence electrons. The van der Waals surface area contributed by atoms with Crippen molar-refractivity contribution in [2.45, 2.75) is 21.5 Å². The van der Waals surface area contributed by atoms with E-state index in [2.05, 4.69) is 36.6 Å². The molecular formula is C17H16Br2O5S. The molecule has 0 saturated carbocycles. The average Bonchev–Trinajstić information content (AvgIpc) is 2.60. The molecule has 2 aromatic carbocycles. The molecule has 0 amide bonds. The van der Waals surface area contributed by atoms with Crippen molar-refractivity contribution in [3.63, 3.8) is 0 Å². The van der Waals surface area contributed by atoms with Gasteiger partial charge in [-0.1, -0.05) is 61.7 Å². The maximum Gasteiger partial charge on any atom is 0.339 e. The van der Waals surface area contributed by atoms with E-state index in [4.69, 9.17) is 4.18 Å². The third-order valence-electron chi connectivity index (χ3n) is 3.40. The molecule has 5 nitrogen and oxygen atoms in total. The van der Waals surface area contributed by atoms with Crippen molar-refractivity contribution in [3.8, 4) is 5.75 Å². The summed E-state index contributed by atoms with van der Waals surface area (Å²) in [4.78, 5) is 10.7. The van der Waals surface area contributed by atoms with Crippen LogP contribution in [-0.2, 0) is 19.6 Å². The van der Waals surface area contributed by atoms with Gasteiger partial charge in [0.1, 0.15) is 15.5 Å². The maximum absolute atomic E-state index is 12.3. The number of esters is 1. The molecule has 2 atom stereocenters. The number of carbonyl (C=O) groups is 1. The molecular weight excluding hydrogens is 476 g/mol. The molecule has 0 aromatic heterocycles. The fourth-order valence-corrected chi connectivity index (χ4v) is 3.93. The number of benzene rings is 2. The lowest BCUT2D eigenvalue weighted by Crippen LogP contribution is -2.20. The number of carbonyl (C=O) groups excluding carboxylic acids is 1. The average molecular weight is 492 g/mol. The van der Waals surface area contributed by atoms with Gasteiger partial charge in [0, 0.05) is 0 Å². The van der Waals surface area contributed by atoms with Crippen LogP contribution in [0.15, 0.2) is 53.4 Å². The molecule has 0 aliphatic carbocycles. The number of alkyl halides is 2. The van der Waals surface area contributed by atoms with Crippen LogP contribution in [0.4, 0.5) is 0 Å². The zero-order valence-corrected chi connectivity index (χ0v) is 17.5. The van der Waals surface area contributed by atoms with Crippen molar-refractivity contribution in [2.75, 3.05) is 7.11 Å². The van der Waals surface area contributed by atoms with Crippen molar-refractivity contribution in [1.29, 1.82) is 0 Å². The Bertz CT molecular complexity index is 832. The largest absolute Gasteiger partial charge is 0.468 e. The molecule has 0 bridgehead atoms. The van der Waals surface area contributed by atoms with Crippen molar-refractivity contribution in [1.82, 2.24) is 0 Å². The van der Waals surface area contributed by atoms with Crippen LogP contribution in [0.3, 0.4) is 0 Å². The van der Waals surface area contributed by atoms with Gasteiger partial charge >= 0.3 is 16.1 Å². The fourth-order valence-electron chi connectivity index (χ4n) is 1.99. The summed E-state index contributed by atoms with van der Waals surface area (Å²) in [6.45, 7) is 1.87. The monoisotopic (exact) mass is 490 g/mol. The molecule has 0 aliphatic heterocycles. The van der Waals surface area contributed by atoms with E-state index in [1.54, 1.807) is 24.3 Å². The highest BCUT2D eigenvalue weighted by atomic mass is 79.9. The van der Waals surface area contributed by atoms with Crippen LogP contribution in [0.25, 0.3) is 0 Å². The second-order valence-corrected chi connectivity index (χ2v) is 8.77. The van der Waals surface area contributed by atoms with Gasteiger partial charge in [0.15, 0.2) is 0 Å². The Morgan fingerprint density at radius 2 is 1.56 bits per heavy atom. The highest BCUT2D eigenvalue weighted by Crippen LogP contribution is 2.33. The lowest BCUT2D eigenvalue weighted by atomic mass is 10.1. The van der Waals surface area contributed by atoms with Crippen molar-refractivity contribution in [2.24, 2.45) is 0 Å². The first-order valence-electron chi connectivity index (χ1n) is 7.21. The zero-order valence-electron chi connectivity index (χ0n) is 13.5. The van der Waals surface area contributed by atoms with Gasteiger partial charge in [-0.25, -0.2) is 0 Å². The predicted molar refractivity (Wildman–Crippen MR) is 102 cm³/mol. The van der Waals surface area contributed by atoms with Crippen LogP contribution < -0.4 is 4.18 Å². The first-order chi connectivity index (χ1) is 11.7. The summed E-state index contributed by atoms with van der Waals surface area (Å²) in [7, 11) is -2.58. The highest BCUT2D eigenvalue weighted by Gasteiger charge is 2.26. The summed E-state index contributed by atoms with van der Waals surface area (Å²) in [5.74, 6) is -0.225. The summed E-state index contributed by atoms with van der Waals surface area (Å²) in [6, 6.07) is 12.8. The van der Waals surface area contributed by atoms with E-state index in [0.29, 0.717) is 0 Å². The van der Waals surface area contributed by atoms with Crippen molar-refractivity contribution < 1.29 is 22.1 Å². The Labute approximate surface area is 163 Å². The Kier molecular flexibility index (Phi) is 6.65. The van der Waals surface area contributed by atoms with E-state index in [9.17, 15) is 13.2 Å². The number of rotatable bonds is 6. The predicted octanol–water partition coefficient (Wildman–Crippen LogP) is 4.14. The molecule has 0 spiro atoms. The van der Waals surface area contributed by atoms with Gasteiger partial charge in [0.2, 0.25) is 0 Å². The lowest BCUT2D eigenvalue weighted by Gasteiger charge is -2.15. The second-order valence-electron chi connectivity index (χ2n) is 5.25. The SMILES string of the molecule is COC(=O)C(Br)C(Br)c1ccc(OS(=O)(=O)c2ccc(C)cc2)cc1. The molecule has 2 aromatic rings. The number of hydrogen-bond donors (Lipinski definition) is 0. The van der Waals surface area contributed by atoms with E-state index >= 15 is 0 Å². The van der Waals surface area contributed by atoms with E-state index in [-0.39, 0.29) is 15.5 Å². The maximum atomic E-state index is 12.3. The van der Waals surface area contributed by atoms with E-state index < -0.39 is 20.9 Å². The minimum atomic E-state index is -3.89. The molecule has 8 heteroatoms. The number of hydrogen-bond acceptors (Lipinski definition) is 5. The summed E-state index contributed by atoms with van der Waals surface area (Å²) in [5.41, 5.74) is 1.73. The highest BCUT2D eigenvalue weighted by molar-refractivity contribution is 9.12. The first-order valence-corrected chi connectivity index (χ1v) is 10.5. The topological polar surface area (TPSA) is 69.7 Å². The van der Waals surface area contributed by atoms with E-state index in [1.807, 2.05) is 6.92 Å². The first kappa shape index (κ1) is 19.9. The van der Waals surface area contributed by atoms with Crippen molar-refractivity contribution >= 4 is 47.9 Å². The molecule has 25 heavy (non-hydrogen) atoms. The van der Waals surface area contributed by atoms with Gasteiger partial charge in [-0.05, 0) is 36.8 Å². The quantitative estimate of drug-likeness (QED) is 0.345. The number of halogens is 2. The van der Waals surface area contributed by atoms with Gasteiger partial charge in [-0.2, -0.15) is 8.42 Å². The zero-order chi connectivity index (χ0) is 18.6. The minimum absolute atomic E-state index is 0.0896. The van der Waals surface area contributed by atoms with Crippen LogP contribution in [-0.4, -0.2) is 26.3 Å². The molecule has 2 unspecified atom stereocenters. The van der Waals surface area contributed by atoms with E-state index in [0.717, 1.165) is 11.1 Å². The Morgan fingerprint density at radius 1 is 1.00 bits per heavy atom. The van der Waals surface area contributed by atoms with Gasteiger partial charge in [-0.3, -0.25) is 4.79 Å². The molecule has 0 aliphatic rings. The number of ether oxygens (including phenoxy) is 1. The summed E-state index contributed by atoms with van der Waals surface area (Å²) in [5, 5.41) is 0. The number of methoxy groups -OCH3 is 1. The second kappa shape index (κ2) is 8.33. The Hall–Kier alpha value is -1.38. The van der Waals surface area contributed by atoms with Gasteiger partial charge in [0.25, 0.3) is 0 Å². The molecule has 0 heterocycles. The van der Waals surface area contributed by atoms with Crippen LogP contribution in [0.2, 0.25) is 0 Å². The molecule has 0 fully saturated rings. The van der Waals surface area contributed by atoms with Crippen LogP contribution in [0.1, 0.15) is 16.0 Å². The van der Waals surface area contributed by atoms with Gasteiger partial charge in [-0.15, -0.1) is 0 Å². The number of aryl methyl sites for hydroxylation is 1. The van der Waals surface area contributed by atoms with Gasteiger partial charge in [0.05, 0.1) is 11.9 Å². The lowest BCUT2D eigenvalue weighted by molar-refractivity contribution is -0.139. The smallest absolute Gasteiger partial charge is 0.339 e. The van der Waals surface area contributed by atoms with E-state index in [1.165, 1.54) is 31.4 Å². The molecule has 0 radical (unpaired) electrons. The molecule has 0 N–H and O–H groups in total. The summed E-state index contributed by atoms with van der Waals surface area (Å²) < 4.78 is 34.4. The van der Waals surface area contributed by atoms with Crippen LogP contribution >= 0.6 is 31.9 Å². The normalized spacial score (nSPS) is 13.8. The Balaban J connectivity index is 2.14. The minimum Gasteiger partial charge on any atom is -0.468 e. The van der Waals surface area contributed by atoms with Crippen LogP contribution in [0.5, 0.6) is 5.75 Å². The summed E-state index contributed by atoms with van der Waals surface area (Å²) >= 11 is 6.68. The third-order valence-corrected chi connectivity index (χ3v) is 7.33. The third kappa shape index (κ3) is 5.05. The Morgan fingerprint density at radius 3 is 2.08 bits per heavy atom. The summed E-state index contributed by atoms with van der Waals surface area (Å²) in [6.07, 6.45) is 0. The molecule has 0 saturated heterocycles. The van der Waals surface area contributed by atoms with Gasteiger partial charge < -0.3 is 8.92 Å². The van der Waals surface area contributed by atoms with Crippen LogP contribution in [0, 0.1) is 6.92 Å². The molecule has 2 rings (SSSR count). The van der Waals surface area contributed by atoms with Crippen molar-refractivity contribution in [3.05, 3.63) is 59.7 Å². The fraction of sp³-hybridized carbons (Fsp3) is 0.235.